The quantitative estimate of drug-likeness (QED) is 0.698. The summed E-state index contributed by atoms with van der Waals surface area (Å²) in [6.07, 6.45) is 0. The maximum atomic E-state index is 11.8. The van der Waals surface area contributed by atoms with Gasteiger partial charge in [0.25, 0.3) is 0 Å². The Hall–Kier alpha value is -2.38. The summed E-state index contributed by atoms with van der Waals surface area (Å²) in [6, 6.07) is 9.45. The van der Waals surface area contributed by atoms with Crippen LogP contribution < -0.4 is 10.6 Å². The van der Waals surface area contributed by atoms with Crippen LogP contribution in [0.1, 0.15) is 11.3 Å². The highest BCUT2D eigenvalue weighted by Gasteiger charge is 2.14. The van der Waals surface area contributed by atoms with Gasteiger partial charge in [0, 0.05) is 6.54 Å². The molecule has 2 N–H and O–H groups in total. The maximum absolute atomic E-state index is 11.8. The van der Waals surface area contributed by atoms with E-state index in [-0.39, 0.29) is 6.54 Å². The average Bonchev–Trinajstić information content (AvgIpc) is 3.32. The molecule has 0 unspecified atom stereocenters. The smallest absolute Gasteiger partial charge is 0.309 e. The summed E-state index contributed by atoms with van der Waals surface area (Å²) in [5, 5.41) is 10.9. The number of rotatable bonds is 5. The zero-order valence-electron chi connectivity index (χ0n) is 12.1. The fraction of sp³-hybridized carbons (Fsp3) is 0.125. The Morgan fingerprint density at radius 1 is 1.00 bits per heavy atom. The minimum atomic E-state index is -0.672. The molecule has 5 nitrogen and oxygen atoms in total. The molecule has 7 heteroatoms. The lowest BCUT2D eigenvalue weighted by Crippen LogP contribution is -2.39. The predicted molar refractivity (Wildman–Crippen MR) is 90.0 cm³/mol. The first-order valence-corrected chi connectivity index (χ1v) is 8.74. The summed E-state index contributed by atoms with van der Waals surface area (Å²) in [5.41, 5.74) is 0.975. The van der Waals surface area contributed by atoms with E-state index in [2.05, 4.69) is 10.6 Å². The lowest BCUT2D eigenvalue weighted by molar-refractivity contribution is -0.139. The van der Waals surface area contributed by atoms with E-state index in [1.165, 1.54) is 0 Å². The molecule has 0 atom stereocenters. The molecule has 0 aliphatic carbocycles. The van der Waals surface area contributed by atoms with Gasteiger partial charge in [0.2, 0.25) is 0 Å². The summed E-state index contributed by atoms with van der Waals surface area (Å²) in [7, 11) is 0. The largest absolute Gasteiger partial charge is 0.458 e. The number of hydrogen-bond acceptors (Lipinski definition) is 5. The second-order valence-electron chi connectivity index (χ2n) is 4.74. The topological polar surface area (TPSA) is 71.3 Å². The van der Waals surface area contributed by atoms with Crippen LogP contribution in [0.4, 0.5) is 0 Å². The van der Waals surface area contributed by atoms with Crippen LogP contribution in [-0.2, 0) is 22.7 Å². The molecule has 118 valence electrons. The van der Waals surface area contributed by atoms with Crippen LogP contribution in [0, 0.1) is 0 Å². The summed E-state index contributed by atoms with van der Waals surface area (Å²) >= 11 is 3.12. The first-order valence-electron chi connectivity index (χ1n) is 6.92. The fourth-order valence-corrected chi connectivity index (χ4v) is 3.28. The molecule has 0 aromatic carbocycles. The van der Waals surface area contributed by atoms with Crippen molar-refractivity contribution in [3.05, 3.63) is 57.8 Å². The number of furan rings is 1. The minimum Gasteiger partial charge on any atom is -0.458 e. The average molecular weight is 346 g/mol. The zero-order chi connectivity index (χ0) is 16.1. The number of nitrogens with one attached hydrogen (secondary N) is 2. The molecule has 3 heterocycles. The molecule has 0 saturated carbocycles. The van der Waals surface area contributed by atoms with Crippen molar-refractivity contribution >= 4 is 34.5 Å². The molecule has 0 aliphatic rings. The van der Waals surface area contributed by atoms with Crippen molar-refractivity contribution in [3.63, 3.8) is 0 Å². The highest BCUT2D eigenvalue weighted by Crippen LogP contribution is 2.26. The van der Waals surface area contributed by atoms with Crippen molar-refractivity contribution in [1.82, 2.24) is 10.6 Å². The Morgan fingerprint density at radius 2 is 1.83 bits per heavy atom. The number of thiophene rings is 2. The Labute approximate surface area is 141 Å². The first-order chi connectivity index (χ1) is 11.2. The van der Waals surface area contributed by atoms with Crippen LogP contribution in [0.5, 0.6) is 0 Å². The number of hydrogen-bond donors (Lipinski definition) is 2. The van der Waals surface area contributed by atoms with Gasteiger partial charge in [-0.25, -0.2) is 0 Å². The molecule has 23 heavy (non-hydrogen) atoms. The highest BCUT2D eigenvalue weighted by molar-refractivity contribution is 7.13. The van der Waals surface area contributed by atoms with Crippen molar-refractivity contribution in [1.29, 1.82) is 0 Å². The lowest BCUT2D eigenvalue weighted by Gasteiger charge is -2.04. The standard InChI is InChI=1S/C16H14N2O3S2/c19-15(17-8-11-5-7-22-10-11)16(20)18-9-12-3-4-13(21-12)14-2-1-6-23-14/h1-7,10H,8-9H2,(H,17,19)(H,18,20). The van der Waals surface area contributed by atoms with Crippen LogP contribution in [0.15, 0.2) is 50.9 Å². The third kappa shape index (κ3) is 4.08. The molecule has 3 aromatic heterocycles. The molecule has 2 amide bonds. The molecule has 3 rings (SSSR count). The molecule has 0 spiro atoms. The van der Waals surface area contributed by atoms with Gasteiger partial charge < -0.3 is 15.1 Å². The summed E-state index contributed by atoms with van der Waals surface area (Å²) in [4.78, 5) is 24.5. The Bertz CT molecular complexity index is 776. The SMILES string of the molecule is O=C(NCc1ccsc1)C(=O)NCc1ccc(-c2cccs2)o1. The monoisotopic (exact) mass is 346 g/mol. The van der Waals surface area contributed by atoms with Crippen molar-refractivity contribution in [2.75, 3.05) is 0 Å². The van der Waals surface area contributed by atoms with Gasteiger partial charge in [-0.2, -0.15) is 11.3 Å². The second kappa shape index (κ2) is 7.26. The minimum absolute atomic E-state index is 0.177. The van der Waals surface area contributed by atoms with E-state index < -0.39 is 11.8 Å². The van der Waals surface area contributed by atoms with E-state index in [9.17, 15) is 9.59 Å². The molecule has 0 bridgehead atoms. The van der Waals surface area contributed by atoms with E-state index >= 15 is 0 Å². The van der Waals surface area contributed by atoms with Crippen LogP contribution in [0.3, 0.4) is 0 Å². The van der Waals surface area contributed by atoms with Crippen molar-refractivity contribution < 1.29 is 14.0 Å². The van der Waals surface area contributed by atoms with E-state index in [1.807, 2.05) is 40.4 Å². The maximum Gasteiger partial charge on any atom is 0.309 e. The van der Waals surface area contributed by atoms with Crippen LogP contribution in [0.2, 0.25) is 0 Å². The summed E-state index contributed by atoms with van der Waals surface area (Å²) in [6.45, 7) is 0.523. The van der Waals surface area contributed by atoms with Gasteiger partial charge in [-0.05, 0) is 46.0 Å². The fourth-order valence-electron chi connectivity index (χ4n) is 1.93. The number of carbonyl (C=O) groups is 2. The van der Waals surface area contributed by atoms with Crippen molar-refractivity contribution in [2.24, 2.45) is 0 Å². The van der Waals surface area contributed by atoms with Crippen molar-refractivity contribution in [2.45, 2.75) is 13.1 Å². The van der Waals surface area contributed by atoms with Crippen LogP contribution in [0.25, 0.3) is 10.6 Å². The van der Waals surface area contributed by atoms with Crippen LogP contribution in [-0.4, -0.2) is 11.8 Å². The molecular weight excluding hydrogens is 332 g/mol. The van der Waals surface area contributed by atoms with E-state index in [0.29, 0.717) is 12.3 Å². The summed E-state index contributed by atoms with van der Waals surface area (Å²) in [5.74, 6) is 0.0362. The molecule has 3 aromatic rings. The zero-order valence-corrected chi connectivity index (χ0v) is 13.7. The molecular formula is C16H14N2O3S2. The molecule has 0 aliphatic heterocycles. The van der Waals surface area contributed by atoms with Crippen LogP contribution >= 0.6 is 22.7 Å². The van der Waals surface area contributed by atoms with E-state index in [1.54, 1.807) is 28.7 Å². The number of carbonyl (C=O) groups excluding carboxylic acids is 2. The third-order valence-corrected chi connectivity index (χ3v) is 4.70. The Morgan fingerprint density at radius 3 is 2.52 bits per heavy atom. The van der Waals surface area contributed by atoms with Gasteiger partial charge in [-0.1, -0.05) is 6.07 Å². The van der Waals surface area contributed by atoms with Gasteiger partial charge in [-0.3, -0.25) is 9.59 Å². The molecule has 0 fully saturated rings. The second-order valence-corrected chi connectivity index (χ2v) is 6.47. The van der Waals surface area contributed by atoms with E-state index in [0.717, 1.165) is 16.2 Å². The third-order valence-electron chi connectivity index (χ3n) is 3.09. The lowest BCUT2D eigenvalue weighted by atomic mass is 10.3. The first kappa shape index (κ1) is 15.5. The van der Waals surface area contributed by atoms with E-state index in [4.69, 9.17) is 4.42 Å². The van der Waals surface area contributed by atoms with Gasteiger partial charge in [0.1, 0.15) is 11.5 Å². The normalized spacial score (nSPS) is 10.4. The molecule has 0 radical (unpaired) electrons. The Balaban J connectivity index is 1.48. The highest BCUT2D eigenvalue weighted by atomic mass is 32.1. The predicted octanol–water partition coefficient (Wildman–Crippen LogP) is 3.00. The molecule has 0 saturated heterocycles. The van der Waals surface area contributed by atoms with Crippen molar-refractivity contribution in [3.8, 4) is 10.6 Å². The van der Waals surface area contributed by atoms with Gasteiger partial charge >= 0.3 is 11.8 Å². The van der Waals surface area contributed by atoms with Gasteiger partial charge in [0.05, 0.1) is 11.4 Å². The number of amides is 2. The Kier molecular flexibility index (Phi) is 4.89. The summed E-state index contributed by atoms with van der Waals surface area (Å²) < 4.78 is 5.64. The van der Waals surface area contributed by atoms with Gasteiger partial charge in [0.15, 0.2) is 0 Å². The van der Waals surface area contributed by atoms with Gasteiger partial charge in [-0.15, -0.1) is 11.3 Å².